The predicted molar refractivity (Wildman–Crippen MR) is 58.6 cm³/mol. The summed E-state index contributed by atoms with van der Waals surface area (Å²) in [6, 6.07) is 0. The molecule has 3 nitrogen and oxygen atoms in total. The standard InChI is InChI=1S/C12H20O3/c1-5-9-7-10(12(9,3)4)8-15-11(13)14-6-2/h5,10H,6-8H2,1-4H3. The normalized spacial score (nSPS) is 25.9. The molecule has 0 amide bonds. The highest BCUT2D eigenvalue weighted by Gasteiger charge is 2.43. The molecule has 1 fully saturated rings. The van der Waals surface area contributed by atoms with Crippen LogP contribution in [0.3, 0.4) is 0 Å². The van der Waals surface area contributed by atoms with Gasteiger partial charge in [0.05, 0.1) is 13.2 Å². The van der Waals surface area contributed by atoms with Crippen molar-refractivity contribution in [3.8, 4) is 0 Å². The SMILES string of the molecule is CC=C1CC(COC(=O)OCC)C1(C)C. The minimum absolute atomic E-state index is 0.168. The van der Waals surface area contributed by atoms with Gasteiger partial charge in [-0.05, 0) is 25.7 Å². The summed E-state index contributed by atoms with van der Waals surface area (Å²) in [4.78, 5) is 11.0. The van der Waals surface area contributed by atoms with Crippen molar-refractivity contribution in [1.82, 2.24) is 0 Å². The van der Waals surface area contributed by atoms with E-state index < -0.39 is 6.16 Å². The zero-order valence-electron chi connectivity index (χ0n) is 10.0. The van der Waals surface area contributed by atoms with E-state index in [2.05, 4.69) is 26.8 Å². The molecule has 15 heavy (non-hydrogen) atoms. The van der Waals surface area contributed by atoms with Gasteiger partial charge in [-0.3, -0.25) is 0 Å². The lowest BCUT2D eigenvalue weighted by atomic mass is 9.59. The van der Waals surface area contributed by atoms with Gasteiger partial charge >= 0.3 is 6.16 Å². The van der Waals surface area contributed by atoms with Gasteiger partial charge in [-0.15, -0.1) is 0 Å². The molecular weight excluding hydrogens is 192 g/mol. The molecule has 0 heterocycles. The van der Waals surface area contributed by atoms with Crippen LogP contribution in [0.1, 0.15) is 34.1 Å². The molecule has 0 aliphatic heterocycles. The van der Waals surface area contributed by atoms with Gasteiger partial charge in [-0.25, -0.2) is 4.79 Å². The van der Waals surface area contributed by atoms with Gasteiger partial charge in [-0.1, -0.05) is 25.5 Å². The molecule has 0 aromatic rings. The zero-order chi connectivity index (χ0) is 11.5. The first kappa shape index (κ1) is 12.1. The number of rotatable bonds is 3. The monoisotopic (exact) mass is 212 g/mol. The molecule has 1 unspecified atom stereocenters. The van der Waals surface area contributed by atoms with Crippen LogP contribution in [0.4, 0.5) is 4.79 Å². The minimum Gasteiger partial charge on any atom is -0.435 e. The fourth-order valence-electron chi connectivity index (χ4n) is 2.00. The molecule has 0 aromatic heterocycles. The second kappa shape index (κ2) is 4.69. The fourth-order valence-corrected chi connectivity index (χ4v) is 2.00. The van der Waals surface area contributed by atoms with Crippen LogP contribution in [0, 0.1) is 11.3 Å². The summed E-state index contributed by atoms with van der Waals surface area (Å²) >= 11 is 0. The van der Waals surface area contributed by atoms with E-state index in [1.54, 1.807) is 6.92 Å². The maximum absolute atomic E-state index is 11.0. The zero-order valence-corrected chi connectivity index (χ0v) is 10.0. The Hall–Kier alpha value is -0.990. The highest BCUT2D eigenvalue weighted by Crippen LogP contribution is 2.50. The van der Waals surface area contributed by atoms with E-state index in [-0.39, 0.29) is 5.41 Å². The van der Waals surface area contributed by atoms with E-state index in [0.717, 1.165) is 6.42 Å². The van der Waals surface area contributed by atoms with Crippen molar-refractivity contribution in [2.45, 2.75) is 34.1 Å². The van der Waals surface area contributed by atoms with Gasteiger partial charge in [0, 0.05) is 5.92 Å². The highest BCUT2D eigenvalue weighted by molar-refractivity contribution is 5.59. The van der Waals surface area contributed by atoms with Crippen molar-refractivity contribution in [3.05, 3.63) is 11.6 Å². The summed E-state index contributed by atoms with van der Waals surface area (Å²) in [5, 5.41) is 0. The van der Waals surface area contributed by atoms with E-state index in [1.165, 1.54) is 5.57 Å². The predicted octanol–water partition coefficient (Wildman–Crippen LogP) is 3.15. The first-order chi connectivity index (χ1) is 7.02. The largest absolute Gasteiger partial charge is 0.508 e. The number of carbonyl (C=O) groups is 1. The van der Waals surface area contributed by atoms with Gasteiger partial charge in [0.25, 0.3) is 0 Å². The third-order valence-electron chi connectivity index (χ3n) is 3.33. The summed E-state index contributed by atoms with van der Waals surface area (Å²) < 4.78 is 9.73. The second-order valence-electron chi connectivity index (χ2n) is 4.43. The molecule has 1 saturated carbocycles. The van der Waals surface area contributed by atoms with Crippen molar-refractivity contribution in [2.75, 3.05) is 13.2 Å². The van der Waals surface area contributed by atoms with Crippen molar-refractivity contribution in [1.29, 1.82) is 0 Å². The maximum Gasteiger partial charge on any atom is 0.508 e. The van der Waals surface area contributed by atoms with Crippen molar-refractivity contribution >= 4 is 6.16 Å². The molecule has 0 bridgehead atoms. The summed E-state index contributed by atoms with van der Waals surface area (Å²) in [5.41, 5.74) is 1.61. The van der Waals surface area contributed by atoms with Crippen molar-refractivity contribution < 1.29 is 14.3 Å². The lowest BCUT2D eigenvalue weighted by molar-refractivity contribution is 0.0161. The molecule has 1 aliphatic rings. The van der Waals surface area contributed by atoms with Gasteiger partial charge < -0.3 is 9.47 Å². The fraction of sp³-hybridized carbons (Fsp3) is 0.750. The van der Waals surface area contributed by atoms with Crippen LogP contribution < -0.4 is 0 Å². The van der Waals surface area contributed by atoms with Crippen LogP contribution in [0.2, 0.25) is 0 Å². The Bertz CT molecular complexity index is 266. The lowest BCUT2D eigenvalue weighted by Crippen LogP contribution is -2.41. The van der Waals surface area contributed by atoms with Gasteiger partial charge in [0.1, 0.15) is 0 Å². The van der Waals surface area contributed by atoms with Crippen molar-refractivity contribution in [2.24, 2.45) is 11.3 Å². The summed E-state index contributed by atoms with van der Waals surface area (Å²) in [6.07, 6.45) is 2.63. The number of allylic oxidation sites excluding steroid dienone is 2. The van der Waals surface area contributed by atoms with Crippen molar-refractivity contribution in [3.63, 3.8) is 0 Å². The van der Waals surface area contributed by atoms with Gasteiger partial charge in [0.2, 0.25) is 0 Å². The Morgan fingerprint density at radius 3 is 2.67 bits per heavy atom. The van der Waals surface area contributed by atoms with Crippen LogP contribution in [0.15, 0.2) is 11.6 Å². The van der Waals surface area contributed by atoms with E-state index in [9.17, 15) is 4.79 Å². The average Bonchev–Trinajstić information content (AvgIpc) is 2.17. The van der Waals surface area contributed by atoms with Gasteiger partial charge in [0.15, 0.2) is 0 Å². The quantitative estimate of drug-likeness (QED) is 0.532. The summed E-state index contributed by atoms with van der Waals surface area (Å²) in [7, 11) is 0. The number of hydrogen-bond acceptors (Lipinski definition) is 3. The number of ether oxygens (including phenoxy) is 2. The second-order valence-corrected chi connectivity index (χ2v) is 4.43. The van der Waals surface area contributed by atoms with Crippen LogP contribution in [0.25, 0.3) is 0 Å². The Balaban J connectivity index is 2.34. The molecule has 86 valence electrons. The molecule has 1 aliphatic carbocycles. The van der Waals surface area contributed by atoms with Crippen LogP contribution in [0.5, 0.6) is 0 Å². The Morgan fingerprint density at radius 1 is 1.53 bits per heavy atom. The van der Waals surface area contributed by atoms with E-state index >= 15 is 0 Å². The molecule has 1 rings (SSSR count). The molecule has 0 N–H and O–H groups in total. The first-order valence-electron chi connectivity index (χ1n) is 5.47. The van der Waals surface area contributed by atoms with Crippen LogP contribution in [-0.2, 0) is 9.47 Å². The molecular formula is C12H20O3. The summed E-state index contributed by atoms with van der Waals surface area (Å²) in [6.45, 7) is 9.03. The topological polar surface area (TPSA) is 35.5 Å². The minimum atomic E-state index is -0.553. The molecule has 0 spiro atoms. The Morgan fingerprint density at radius 2 is 2.20 bits per heavy atom. The first-order valence-corrected chi connectivity index (χ1v) is 5.47. The third kappa shape index (κ3) is 2.52. The number of carbonyl (C=O) groups excluding carboxylic acids is 1. The van der Waals surface area contributed by atoms with Crippen LogP contribution >= 0.6 is 0 Å². The molecule has 0 saturated heterocycles. The maximum atomic E-state index is 11.0. The molecule has 0 aromatic carbocycles. The summed E-state index contributed by atoms with van der Waals surface area (Å²) in [5.74, 6) is 0.424. The molecule has 3 heteroatoms. The lowest BCUT2D eigenvalue weighted by Gasteiger charge is -2.47. The smallest absolute Gasteiger partial charge is 0.435 e. The van der Waals surface area contributed by atoms with E-state index in [4.69, 9.17) is 9.47 Å². The van der Waals surface area contributed by atoms with Gasteiger partial charge in [-0.2, -0.15) is 0 Å². The Labute approximate surface area is 91.4 Å². The van der Waals surface area contributed by atoms with Crippen LogP contribution in [-0.4, -0.2) is 19.4 Å². The van der Waals surface area contributed by atoms with E-state index in [0.29, 0.717) is 19.1 Å². The van der Waals surface area contributed by atoms with E-state index in [1.807, 2.05) is 0 Å². The Kier molecular flexibility index (Phi) is 3.77. The highest BCUT2D eigenvalue weighted by atomic mass is 16.7. The average molecular weight is 212 g/mol. The number of hydrogen-bond donors (Lipinski definition) is 0. The molecule has 0 radical (unpaired) electrons. The molecule has 1 atom stereocenters. The third-order valence-corrected chi connectivity index (χ3v) is 3.33.